The van der Waals surface area contributed by atoms with Crippen LogP contribution in [-0.2, 0) is 9.59 Å². The summed E-state index contributed by atoms with van der Waals surface area (Å²) in [5, 5.41) is 7.44. The van der Waals surface area contributed by atoms with E-state index < -0.39 is 9.16 Å². The SMILES string of the molecule is C[SH]123CC1CC2(C(=O)Nc1ccccc1NC(=O)C12CC4CC5CC(C1)C5(C4)C2)C3. The molecular weight excluding hydrogens is 392 g/mol. The number of carbonyl (C=O) groups excluding carboxylic acids is 2. The summed E-state index contributed by atoms with van der Waals surface area (Å²) in [5.41, 5.74) is 1.93. The van der Waals surface area contributed by atoms with Gasteiger partial charge in [0.1, 0.15) is 0 Å². The van der Waals surface area contributed by atoms with Crippen molar-refractivity contribution in [2.24, 2.45) is 28.6 Å². The molecule has 2 N–H and O–H groups in total. The maximum absolute atomic E-state index is 13.6. The molecule has 3 bridgehead atoms. The number of fused-ring (bicyclic) bond motifs is 2. The molecule has 3 aliphatic heterocycles. The van der Waals surface area contributed by atoms with E-state index >= 15 is 0 Å². The van der Waals surface area contributed by atoms with Crippen molar-refractivity contribution in [2.75, 3.05) is 28.4 Å². The van der Waals surface area contributed by atoms with E-state index in [2.05, 4.69) is 16.9 Å². The summed E-state index contributed by atoms with van der Waals surface area (Å²) in [5.74, 6) is 5.43. The highest BCUT2D eigenvalue weighted by atomic mass is 32.3. The molecule has 7 fully saturated rings. The average molecular weight is 425 g/mol. The molecule has 1 aromatic rings. The van der Waals surface area contributed by atoms with Gasteiger partial charge < -0.3 is 10.6 Å². The first kappa shape index (κ1) is 17.1. The first-order chi connectivity index (χ1) is 14.3. The minimum absolute atomic E-state index is 0.00649. The molecule has 8 rings (SSSR count). The molecule has 7 atom stereocenters. The van der Waals surface area contributed by atoms with Gasteiger partial charge in [-0.3, -0.25) is 18.8 Å². The zero-order valence-electron chi connectivity index (χ0n) is 17.7. The minimum Gasteiger partial charge on any atom is -0.324 e. The van der Waals surface area contributed by atoms with Gasteiger partial charge in [0.05, 0.1) is 21.5 Å². The van der Waals surface area contributed by atoms with E-state index in [1.54, 1.807) is 0 Å². The molecule has 4 saturated carbocycles. The van der Waals surface area contributed by atoms with Gasteiger partial charge in [0.15, 0.2) is 0 Å². The third-order valence-corrected chi connectivity index (χ3v) is 19.5. The smallest absolute Gasteiger partial charge is 0.238 e. The summed E-state index contributed by atoms with van der Waals surface area (Å²) in [4.78, 5) is 26.8. The molecule has 3 saturated heterocycles. The van der Waals surface area contributed by atoms with Crippen molar-refractivity contribution in [1.82, 2.24) is 0 Å². The zero-order valence-corrected chi connectivity index (χ0v) is 18.6. The summed E-state index contributed by atoms with van der Waals surface area (Å²) in [7, 11) is -1.56. The van der Waals surface area contributed by atoms with Crippen LogP contribution in [0.5, 0.6) is 0 Å². The molecule has 160 valence electrons. The summed E-state index contributed by atoms with van der Waals surface area (Å²) < 4.78 is -0.00649. The van der Waals surface area contributed by atoms with Crippen molar-refractivity contribution >= 4 is 32.4 Å². The van der Waals surface area contributed by atoms with E-state index in [1.165, 1.54) is 30.8 Å². The number of benzene rings is 1. The topological polar surface area (TPSA) is 58.2 Å². The number of rotatable bonds is 4. The second-order valence-corrected chi connectivity index (χ2v) is 19.4. The molecule has 0 aromatic heterocycles. The second kappa shape index (κ2) is 4.51. The number of hydrogen-bond acceptors (Lipinski definition) is 2. The predicted octanol–water partition coefficient (Wildman–Crippen LogP) is 4.02. The Bertz CT molecular complexity index is 1080. The third-order valence-electron chi connectivity index (χ3n) is 11.9. The monoisotopic (exact) mass is 424 g/mol. The fraction of sp³-hybridized carbons (Fsp3) is 0.680. The van der Waals surface area contributed by atoms with Gasteiger partial charge in [-0.1, -0.05) is 12.1 Å². The van der Waals surface area contributed by atoms with E-state index in [-0.39, 0.29) is 22.0 Å². The lowest BCUT2D eigenvalue weighted by molar-refractivity contribution is -0.127. The van der Waals surface area contributed by atoms with Gasteiger partial charge in [-0.15, -0.1) is 0 Å². The van der Waals surface area contributed by atoms with E-state index in [9.17, 15) is 9.59 Å². The van der Waals surface area contributed by atoms with Gasteiger partial charge in [-0.05, 0) is 103 Å². The molecule has 5 heteroatoms. The number of amides is 2. The van der Waals surface area contributed by atoms with Crippen molar-refractivity contribution in [3.63, 3.8) is 0 Å². The number of hydrogen-bond donors (Lipinski definition) is 3. The Kier molecular flexibility index (Phi) is 2.57. The van der Waals surface area contributed by atoms with Crippen LogP contribution in [0.15, 0.2) is 24.3 Å². The molecular formula is C25H32N2O2S. The fourth-order valence-corrected chi connectivity index (χ4v) is 18.5. The molecule has 2 amide bonds. The molecule has 0 radical (unpaired) electrons. The third kappa shape index (κ3) is 1.58. The lowest BCUT2D eigenvalue weighted by atomic mass is 9.55. The van der Waals surface area contributed by atoms with E-state index in [1.807, 2.05) is 24.3 Å². The summed E-state index contributed by atoms with van der Waals surface area (Å²) in [6.07, 6.45) is 11.0. The van der Waals surface area contributed by atoms with E-state index in [4.69, 9.17) is 0 Å². The highest BCUT2D eigenvalue weighted by Crippen LogP contribution is 3.12. The molecule has 2 spiro atoms. The Balaban J connectivity index is 1.05. The fourth-order valence-electron chi connectivity index (χ4n) is 10.2. The normalized spacial score (nSPS) is 51.7. The lowest BCUT2D eigenvalue weighted by Gasteiger charge is -2.49. The highest BCUT2D eigenvalue weighted by molar-refractivity contribution is 8.63. The summed E-state index contributed by atoms with van der Waals surface area (Å²) in [6, 6.07) is 7.85. The maximum atomic E-state index is 13.6. The zero-order chi connectivity index (χ0) is 20.2. The number of carbonyl (C=O) groups is 2. The van der Waals surface area contributed by atoms with E-state index in [0.717, 1.165) is 60.1 Å². The molecule has 1 aromatic carbocycles. The molecule has 4 aliphatic carbocycles. The van der Waals surface area contributed by atoms with Crippen molar-refractivity contribution in [1.29, 1.82) is 0 Å². The van der Waals surface area contributed by atoms with E-state index in [0.29, 0.717) is 5.41 Å². The van der Waals surface area contributed by atoms with Crippen molar-refractivity contribution in [2.45, 2.75) is 54.9 Å². The quantitative estimate of drug-likeness (QED) is 0.505. The van der Waals surface area contributed by atoms with Crippen LogP contribution in [0.1, 0.15) is 44.9 Å². The van der Waals surface area contributed by atoms with Crippen LogP contribution in [0.3, 0.4) is 0 Å². The van der Waals surface area contributed by atoms with Crippen molar-refractivity contribution in [3.8, 4) is 0 Å². The van der Waals surface area contributed by atoms with Crippen molar-refractivity contribution < 1.29 is 9.59 Å². The van der Waals surface area contributed by atoms with Gasteiger partial charge in [-0.25, -0.2) is 0 Å². The maximum Gasteiger partial charge on any atom is 0.238 e. The number of nitrogens with one attached hydrogen (secondary N) is 2. The number of para-hydroxylation sites is 2. The Labute approximate surface area is 178 Å². The van der Waals surface area contributed by atoms with Crippen LogP contribution >= 0.6 is 9.16 Å². The van der Waals surface area contributed by atoms with Crippen LogP contribution in [-0.4, -0.2) is 39.6 Å². The van der Waals surface area contributed by atoms with Crippen LogP contribution in [0.2, 0.25) is 0 Å². The standard InChI is InChI=1S/C25H32N2O2S/c1-30-12-18(30)11-25(30,14-30)22(29)27-20-5-3-2-4-19(20)26-21(28)23-8-15-6-16-7-17(10-23)24(16,9-15)13-23/h2-5,15-18,30H,6-14H2,1H3,(H,26,28)(H,27,29). The van der Waals surface area contributed by atoms with Crippen LogP contribution < -0.4 is 10.6 Å². The summed E-state index contributed by atoms with van der Waals surface area (Å²) in [6.45, 7) is 0. The second-order valence-electron chi connectivity index (χ2n) is 12.9. The van der Waals surface area contributed by atoms with Crippen LogP contribution in [0, 0.1) is 28.6 Å². The molecule has 7 unspecified atom stereocenters. The lowest BCUT2D eigenvalue weighted by Crippen LogP contribution is -2.43. The first-order valence-corrected chi connectivity index (χ1v) is 15.1. The van der Waals surface area contributed by atoms with Gasteiger partial charge in [0.2, 0.25) is 11.8 Å². The Morgan fingerprint density at radius 3 is 2.40 bits per heavy atom. The van der Waals surface area contributed by atoms with Gasteiger partial charge in [0.25, 0.3) is 0 Å². The Morgan fingerprint density at radius 1 is 0.967 bits per heavy atom. The summed E-state index contributed by atoms with van der Waals surface area (Å²) >= 11 is 0. The molecule has 3 heterocycles. The molecule has 7 aliphatic rings. The van der Waals surface area contributed by atoms with Crippen LogP contribution in [0.4, 0.5) is 11.4 Å². The number of thiol groups is 1. The minimum atomic E-state index is -1.56. The highest BCUT2D eigenvalue weighted by Gasteiger charge is 2.94. The largest absolute Gasteiger partial charge is 0.324 e. The molecule has 4 nitrogen and oxygen atoms in total. The Morgan fingerprint density at radius 2 is 1.73 bits per heavy atom. The van der Waals surface area contributed by atoms with Crippen molar-refractivity contribution in [3.05, 3.63) is 24.3 Å². The van der Waals surface area contributed by atoms with Crippen LogP contribution in [0.25, 0.3) is 0 Å². The average Bonchev–Trinajstić information content (AvgIpc) is 3.30. The van der Waals surface area contributed by atoms with Gasteiger partial charge >= 0.3 is 0 Å². The molecule has 30 heavy (non-hydrogen) atoms. The number of anilines is 2. The first-order valence-electron chi connectivity index (χ1n) is 12.0. The predicted molar refractivity (Wildman–Crippen MR) is 123 cm³/mol. The Hall–Kier alpha value is -1.49. The van der Waals surface area contributed by atoms with Gasteiger partial charge in [0, 0.05) is 0 Å². The van der Waals surface area contributed by atoms with Gasteiger partial charge in [-0.2, -0.15) is 0 Å².